The molecule has 0 saturated heterocycles. The van der Waals surface area contributed by atoms with Crippen LogP contribution >= 0.6 is 22.6 Å². The summed E-state index contributed by atoms with van der Waals surface area (Å²) in [6.07, 6.45) is 5.95. The van der Waals surface area contributed by atoms with Gasteiger partial charge in [-0.25, -0.2) is 4.79 Å². The van der Waals surface area contributed by atoms with E-state index < -0.39 is 20.0 Å². The van der Waals surface area contributed by atoms with Crippen molar-refractivity contribution < 1.29 is 28.5 Å². The molecule has 10 heteroatoms. The minimum Gasteiger partial charge on any atom is -0.491 e. The van der Waals surface area contributed by atoms with Crippen LogP contribution in [0.2, 0.25) is 18.1 Å². The van der Waals surface area contributed by atoms with Crippen molar-refractivity contribution in [1.29, 1.82) is 0 Å². The number of aliphatic hydroxyl groups is 1. The van der Waals surface area contributed by atoms with Gasteiger partial charge in [-0.05, 0) is 137 Å². The zero-order chi connectivity index (χ0) is 36.4. The molecule has 47 heavy (non-hydrogen) atoms. The largest absolute Gasteiger partial charge is 0.491 e. The van der Waals surface area contributed by atoms with E-state index in [1.165, 1.54) is 5.56 Å². The summed E-state index contributed by atoms with van der Waals surface area (Å²) < 4.78 is 23.9. The van der Waals surface area contributed by atoms with Crippen molar-refractivity contribution in [3.63, 3.8) is 0 Å². The first-order valence-electron chi connectivity index (χ1n) is 16.2. The van der Waals surface area contributed by atoms with Gasteiger partial charge in [0.1, 0.15) is 30.3 Å². The van der Waals surface area contributed by atoms with E-state index in [4.69, 9.17) is 35.9 Å². The minimum absolute atomic E-state index is 0.00292. The lowest BCUT2D eigenvalue weighted by Crippen LogP contribution is -2.41. The molecule has 0 bridgehead atoms. The molecule has 0 aromatic heterocycles. The number of amides is 1. The summed E-state index contributed by atoms with van der Waals surface area (Å²) in [6, 6.07) is 12.2. The molecule has 0 heterocycles. The van der Waals surface area contributed by atoms with Gasteiger partial charge in [-0.1, -0.05) is 44.9 Å². The number of alkyl carbamates (subject to hydrolysis) is 1. The molecule has 2 rings (SSSR count). The number of carbonyl (C=O) groups is 1. The second-order valence-electron chi connectivity index (χ2n) is 14.1. The zero-order valence-corrected chi connectivity index (χ0v) is 34.0. The molecule has 266 valence electrons. The summed E-state index contributed by atoms with van der Waals surface area (Å²) in [5, 5.41) is 12.0. The van der Waals surface area contributed by atoms with E-state index in [0.717, 1.165) is 39.0 Å². The molecule has 1 amide bonds. The van der Waals surface area contributed by atoms with Gasteiger partial charge in [0.2, 0.25) is 0 Å². The average Bonchev–Trinajstić information content (AvgIpc) is 2.94. The maximum atomic E-state index is 11.7. The molecule has 0 fully saturated rings. The summed E-state index contributed by atoms with van der Waals surface area (Å²) in [6.45, 7) is 26.2. The Kier molecular flexibility index (Phi) is 20.6. The van der Waals surface area contributed by atoms with Gasteiger partial charge in [0, 0.05) is 6.04 Å². The SMILES string of the molecule is C#C[C@H](C)N.Cc1ccc(CC[C@H](C)NC(=O)OC(C)(C)C)c(OCCO)c1.Cc1ccc(I)c(OCCO[Si](C)(C)C(C)(C)C)c1. The standard InChI is InChI=1S/C18H29NO4.C15H25IO2Si.C4H7N/c1-13-6-8-15(16(12-13)22-11-10-20)9-7-14(2)19-17(21)23-18(3,4)5;1-12-7-8-13(16)14(11-12)17-9-10-18-19(5,6)15(2,3)4;1-3-4(2)5/h6,8,12,14,20H,7,9-11H2,1-5H3,(H,19,21);7-8,11H,9-10H2,1-6H3;1,4H,5H2,2H3/t14-;;4-/m0.0/s1. The molecular weight excluding hydrogens is 723 g/mol. The third kappa shape index (κ3) is 20.6. The normalized spacial score (nSPS) is 12.6. The number of hydrogen-bond donors (Lipinski definition) is 3. The number of hydrogen-bond acceptors (Lipinski definition) is 7. The lowest BCUT2D eigenvalue weighted by atomic mass is 10.0. The second-order valence-corrected chi connectivity index (χ2v) is 20.1. The van der Waals surface area contributed by atoms with Crippen molar-refractivity contribution in [3.05, 3.63) is 56.7 Å². The number of rotatable bonds is 12. The number of benzene rings is 2. The van der Waals surface area contributed by atoms with Gasteiger partial charge in [-0.3, -0.25) is 0 Å². The molecule has 0 radical (unpaired) electrons. The number of nitrogens with one attached hydrogen (secondary N) is 1. The fraction of sp³-hybridized carbons (Fsp3) is 0.595. The zero-order valence-electron chi connectivity index (χ0n) is 30.9. The van der Waals surface area contributed by atoms with Crippen LogP contribution in [0.4, 0.5) is 4.79 Å². The van der Waals surface area contributed by atoms with Crippen LogP contribution in [0.3, 0.4) is 0 Å². The Morgan fingerprint density at radius 1 is 0.979 bits per heavy atom. The summed E-state index contributed by atoms with van der Waals surface area (Å²) >= 11 is 2.30. The molecule has 0 unspecified atom stereocenters. The van der Waals surface area contributed by atoms with Gasteiger partial charge in [-0.2, -0.15) is 0 Å². The van der Waals surface area contributed by atoms with Crippen LogP contribution in [0.1, 0.15) is 78.5 Å². The third-order valence-electron chi connectivity index (χ3n) is 7.14. The Bertz CT molecular complexity index is 1250. The van der Waals surface area contributed by atoms with E-state index in [1.807, 2.05) is 52.8 Å². The molecular formula is C37H61IN2O6Si. The maximum Gasteiger partial charge on any atom is 0.407 e. The fourth-order valence-corrected chi connectivity index (χ4v) is 5.02. The smallest absolute Gasteiger partial charge is 0.407 e. The van der Waals surface area contributed by atoms with Gasteiger partial charge >= 0.3 is 6.09 Å². The lowest BCUT2D eigenvalue weighted by molar-refractivity contribution is 0.0506. The first kappa shape index (κ1) is 44.7. The Labute approximate surface area is 300 Å². The molecule has 0 spiro atoms. The van der Waals surface area contributed by atoms with Crippen molar-refractivity contribution in [3.8, 4) is 23.8 Å². The number of aryl methyl sites for hydroxylation is 3. The Morgan fingerprint density at radius 2 is 1.51 bits per heavy atom. The number of nitrogens with two attached hydrogens (primary N) is 1. The van der Waals surface area contributed by atoms with E-state index in [1.54, 1.807) is 6.92 Å². The van der Waals surface area contributed by atoms with Crippen LogP contribution in [0, 0.1) is 29.8 Å². The Hall–Kier alpha value is -2.30. The van der Waals surface area contributed by atoms with Crippen LogP contribution < -0.4 is 20.5 Å². The predicted octanol–water partition coefficient (Wildman–Crippen LogP) is 8.18. The van der Waals surface area contributed by atoms with Gasteiger partial charge in [0.25, 0.3) is 0 Å². The van der Waals surface area contributed by atoms with Crippen LogP contribution in [0.25, 0.3) is 0 Å². The highest BCUT2D eigenvalue weighted by atomic mass is 127. The molecule has 0 aliphatic rings. The van der Waals surface area contributed by atoms with Gasteiger partial charge in [0.15, 0.2) is 8.32 Å². The highest BCUT2D eigenvalue weighted by Gasteiger charge is 2.36. The van der Waals surface area contributed by atoms with Crippen molar-refractivity contribution in [2.24, 2.45) is 5.73 Å². The highest BCUT2D eigenvalue weighted by Crippen LogP contribution is 2.36. The van der Waals surface area contributed by atoms with E-state index in [0.29, 0.717) is 13.2 Å². The number of aliphatic hydroxyl groups excluding tert-OH is 1. The number of carbonyl (C=O) groups excluding carboxylic acids is 1. The molecule has 2 aromatic rings. The topological polar surface area (TPSA) is 112 Å². The summed E-state index contributed by atoms with van der Waals surface area (Å²) in [5.41, 5.74) is 7.97. The van der Waals surface area contributed by atoms with Gasteiger partial charge < -0.3 is 34.8 Å². The predicted molar refractivity (Wildman–Crippen MR) is 206 cm³/mol. The molecule has 0 saturated carbocycles. The number of halogens is 1. The van der Waals surface area contributed by atoms with Crippen LogP contribution in [-0.2, 0) is 15.6 Å². The van der Waals surface area contributed by atoms with E-state index in [-0.39, 0.29) is 30.3 Å². The molecule has 2 aromatic carbocycles. The minimum atomic E-state index is -1.65. The number of terminal acetylenes is 1. The highest BCUT2D eigenvalue weighted by molar-refractivity contribution is 14.1. The fourth-order valence-electron chi connectivity index (χ4n) is 3.50. The van der Waals surface area contributed by atoms with Crippen molar-refractivity contribution in [2.75, 3.05) is 26.4 Å². The van der Waals surface area contributed by atoms with Crippen LogP contribution in [-0.4, -0.2) is 63.6 Å². The second kappa shape index (κ2) is 21.6. The van der Waals surface area contributed by atoms with Crippen LogP contribution in [0.15, 0.2) is 36.4 Å². The number of ether oxygens (including phenoxy) is 3. The quantitative estimate of drug-likeness (QED) is 0.0862. The molecule has 0 aliphatic heterocycles. The molecule has 8 nitrogen and oxygen atoms in total. The Balaban J connectivity index is 0.000000797. The first-order chi connectivity index (χ1) is 21.6. The summed E-state index contributed by atoms with van der Waals surface area (Å²) in [5.74, 6) is 4.06. The first-order valence-corrected chi connectivity index (χ1v) is 20.2. The maximum absolute atomic E-state index is 11.7. The van der Waals surface area contributed by atoms with Gasteiger partial charge in [0.05, 0.1) is 22.8 Å². The third-order valence-corrected chi connectivity index (χ3v) is 12.6. The van der Waals surface area contributed by atoms with E-state index in [2.05, 4.69) is 92.8 Å². The van der Waals surface area contributed by atoms with Crippen molar-refractivity contribution in [2.45, 2.75) is 118 Å². The average molecular weight is 785 g/mol. The lowest BCUT2D eigenvalue weighted by Gasteiger charge is -2.36. The van der Waals surface area contributed by atoms with Crippen molar-refractivity contribution in [1.82, 2.24) is 5.32 Å². The summed E-state index contributed by atoms with van der Waals surface area (Å²) in [4.78, 5) is 11.7. The molecule has 4 N–H and O–H groups in total. The van der Waals surface area contributed by atoms with Crippen molar-refractivity contribution >= 4 is 37.0 Å². The van der Waals surface area contributed by atoms with Crippen LogP contribution in [0.5, 0.6) is 11.5 Å². The van der Waals surface area contributed by atoms with Gasteiger partial charge in [-0.15, -0.1) is 6.42 Å². The molecule has 0 aliphatic carbocycles. The monoisotopic (exact) mass is 784 g/mol. The van der Waals surface area contributed by atoms with E-state index >= 15 is 0 Å². The molecule has 2 atom stereocenters. The van der Waals surface area contributed by atoms with E-state index in [9.17, 15) is 4.79 Å². The Morgan fingerprint density at radius 3 is 2.02 bits per heavy atom. The summed E-state index contributed by atoms with van der Waals surface area (Å²) in [7, 11) is -1.65.